The van der Waals surface area contributed by atoms with E-state index in [9.17, 15) is 9.59 Å². The molecule has 1 fully saturated rings. The lowest BCUT2D eigenvalue weighted by molar-refractivity contribution is -0.117. The van der Waals surface area contributed by atoms with Gasteiger partial charge in [-0.25, -0.2) is 4.98 Å². The first kappa shape index (κ1) is 18.6. The third kappa shape index (κ3) is 3.59. The summed E-state index contributed by atoms with van der Waals surface area (Å²) >= 11 is 1.53. The van der Waals surface area contributed by atoms with Crippen LogP contribution in [0.1, 0.15) is 29.0 Å². The lowest BCUT2D eigenvalue weighted by atomic mass is 10.2. The van der Waals surface area contributed by atoms with E-state index in [0.29, 0.717) is 18.7 Å². The zero-order chi connectivity index (χ0) is 20.5. The number of hydrogen-bond donors (Lipinski definition) is 1. The molecule has 6 nitrogen and oxygen atoms in total. The molecule has 30 heavy (non-hydrogen) atoms. The maximum absolute atomic E-state index is 12.5. The van der Waals surface area contributed by atoms with Gasteiger partial charge in [-0.3, -0.25) is 9.59 Å². The summed E-state index contributed by atoms with van der Waals surface area (Å²) in [6.07, 6.45) is 1.51. The number of hydrogen-bond acceptors (Lipinski definition) is 5. The molecule has 2 aromatic heterocycles. The molecule has 2 aromatic carbocycles. The number of nitrogens with zero attached hydrogens (tertiary/aromatic N) is 2. The first-order valence-electron chi connectivity index (χ1n) is 9.81. The fourth-order valence-electron chi connectivity index (χ4n) is 3.54. The number of amides is 2. The second-order valence-electron chi connectivity index (χ2n) is 7.15. The zero-order valence-electron chi connectivity index (χ0n) is 16.1. The van der Waals surface area contributed by atoms with E-state index in [1.807, 2.05) is 48.5 Å². The summed E-state index contributed by atoms with van der Waals surface area (Å²) in [5.74, 6) is 0.725. The normalized spacial score (nSPS) is 13.9. The van der Waals surface area contributed by atoms with E-state index in [1.165, 1.54) is 11.3 Å². The van der Waals surface area contributed by atoms with Crippen molar-refractivity contribution in [2.24, 2.45) is 0 Å². The lowest BCUT2D eigenvalue weighted by Crippen LogP contribution is -2.24. The maximum Gasteiger partial charge on any atom is 0.287 e. The molecular weight excluding hydrogens is 398 g/mol. The number of anilines is 1. The van der Waals surface area contributed by atoms with Gasteiger partial charge >= 0.3 is 0 Å². The highest BCUT2D eigenvalue weighted by Crippen LogP contribution is 2.31. The maximum atomic E-state index is 12.5. The van der Waals surface area contributed by atoms with Crippen LogP contribution < -0.4 is 10.2 Å². The van der Waals surface area contributed by atoms with E-state index in [-0.39, 0.29) is 17.6 Å². The number of thiazole rings is 1. The van der Waals surface area contributed by atoms with E-state index in [4.69, 9.17) is 4.42 Å². The van der Waals surface area contributed by atoms with Gasteiger partial charge in [-0.15, -0.1) is 11.3 Å². The molecule has 4 aromatic rings. The number of aromatic nitrogens is 1. The molecule has 2 amide bonds. The SMILES string of the molecule is O=C(NCc1ccc(N2CCCC2=O)cc1)c1ccc(-c2nc3ccccc3s2)o1. The monoisotopic (exact) mass is 417 g/mol. The van der Waals surface area contributed by atoms with Gasteiger partial charge in [-0.1, -0.05) is 24.3 Å². The third-order valence-electron chi connectivity index (χ3n) is 5.11. The topological polar surface area (TPSA) is 75.4 Å². The predicted octanol–water partition coefficient (Wildman–Crippen LogP) is 4.61. The van der Waals surface area contributed by atoms with Crippen LogP contribution in [0.25, 0.3) is 21.0 Å². The Bertz CT molecular complexity index is 1190. The minimum Gasteiger partial charge on any atom is -0.448 e. The quantitative estimate of drug-likeness (QED) is 0.514. The molecule has 0 saturated carbocycles. The molecule has 5 rings (SSSR count). The average molecular weight is 417 g/mol. The summed E-state index contributed by atoms with van der Waals surface area (Å²) in [5.41, 5.74) is 2.77. The molecule has 0 aliphatic carbocycles. The van der Waals surface area contributed by atoms with E-state index >= 15 is 0 Å². The molecule has 0 unspecified atom stereocenters. The van der Waals surface area contributed by atoms with Gasteiger partial charge < -0.3 is 14.6 Å². The number of nitrogens with one attached hydrogen (secondary N) is 1. The van der Waals surface area contributed by atoms with Crippen LogP contribution in [0, 0.1) is 0 Å². The molecule has 1 saturated heterocycles. The highest BCUT2D eigenvalue weighted by atomic mass is 32.1. The predicted molar refractivity (Wildman–Crippen MR) is 117 cm³/mol. The highest BCUT2D eigenvalue weighted by Gasteiger charge is 2.21. The Balaban J connectivity index is 1.23. The van der Waals surface area contributed by atoms with Gasteiger partial charge in [0.2, 0.25) is 5.91 Å². The molecule has 1 N–H and O–H groups in total. The number of para-hydroxylation sites is 1. The van der Waals surface area contributed by atoms with Crippen molar-refractivity contribution in [1.82, 2.24) is 10.3 Å². The van der Waals surface area contributed by atoms with E-state index < -0.39 is 0 Å². The van der Waals surface area contributed by atoms with Gasteiger partial charge in [0.1, 0.15) is 0 Å². The van der Waals surface area contributed by atoms with Crippen molar-refractivity contribution >= 4 is 39.1 Å². The molecule has 150 valence electrons. The van der Waals surface area contributed by atoms with Gasteiger partial charge in [0.25, 0.3) is 5.91 Å². The Morgan fingerprint density at radius 2 is 1.93 bits per heavy atom. The summed E-state index contributed by atoms with van der Waals surface area (Å²) in [5, 5.41) is 3.63. The van der Waals surface area contributed by atoms with Crippen molar-refractivity contribution in [3.05, 3.63) is 72.0 Å². The highest BCUT2D eigenvalue weighted by molar-refractivity contribution is 7.21. The molecule has 1 aliphatic rings. The van der Waals surface area contributed by atoms with Crippen molar-refractivity contribution in [1.29, 1.82) is 0 Å². The summed E-state index contributed by atoms with van der Waals surface area (Å²) in [6, 6.07) is 19.0. The van der Waals surface area contributed by atoms with Gasteiger partial charge in [-0.05, 0) is 48.4 Å². The number of fused-ring (bicyclic) bond motifs is 1. The minimum atomic E-state index is -0.277. The third-order valence-corrected chi connectivity index (χ3v) is 6.16. The first-order chi connectivity index (χ1) is 14.7. The largest absolute Gasteiger partial charge is 0.448 e. The Labute approximate surface area is 177 Å². The van der Waals surface area contributed by atoms with Crippen LogP contribution in [0.2, 0.25) is 0 Å². The van der Waals surface area contributed by atoms with Crippen LogP contribution in [-0.4, -0.2) is 23.3 Å². The van der Waals surface area contributed by atoms with Gasteiger partial charge in [0, 0.05) is 25.2 Å². The molecule has 0 atom stereocenters. The van der Waals surface area contributed by atoms with E-state index in [0.717, 1.165) is 39.4 Å². The zero-order valence-corrected chi connectivity index (χ0v) is 16.9. The van der Waals surface area contributed by atoms with Crippen molar-refractivity contribution in [3.63, 3.8) is 0 Å². The van der Waals surface area contributed by atoms with Crippen molar-refractivity contribution in [2.75, 3.05) is 11.4 Å². The number of rotatable bonds is 5. The molecule has 0 bridgehead atoms. The Hall–Kier alpha value is -3.45. The molecule has 3 heterocycles. The van der Waals surface area contributed by atoms with Gasteiger partial charge in [-0.2, -0.15) is 0 Å². The van der Waals surface area contributed by atoms with Crippen LogP contribution in [0.15, 0.2) is 65.1 Å². The van der Waals surface area contributed by atoms with Gasteiger partial charge in [0.15, 0.2) is 16.5 Å². The molecular formula is C23H19N3O3S. The average Bonchev–Trinajstić information content (AvgIpc) is 3.51. The minimum absolute atomic E-state index is 0.165. The Kier molecular flexibility index (Phi) is 4.80. The number of carbonyl (C=O) groups is 2. The lowest BCUT2D eigenvalue weighted by Gasteiger charge is -2.16. The van der Waals surface area contributed by atoms with Crippen LogP contribution >= 0.6 is 11.3 Å². The van der Waals surface area contributed by atoms with Crippen LogP contribution in [0.4, 0.5) is 5.69 Å². The number of furan rings is 1. The Morgan fingerprint density at radius 3 is 2.70 bits per heavy atom. The fraction of sp³-hybridized carbons (Fsp3) is 0.174. The van der Waals surface area contributed by atoms with E-state index in [1.54, 1.807) is 17.0 Å². The molecule has 0 radical (unpaired) electrons. The first-order valence-corrected chi connectivity index (χ1v) is 10.6. The van der Waals surface area contributed by atoms with Crippen molar-refractivity contribution < 1.29 is 14.0 Å². The number of benzene rings is 2. The van der Waals surface area contributed by atoms with Crippen molar-refractivity contribution in [2.45, 2.75) is 19.4 Å². The summed E-state index contributed by atoms with van der Waals surface area (Å²) in [6.45, 7) is 1.15. The fourth-order valence-corrected chi connectivity index (χ4v) is 4.46. The van der Waals surface area contributed by atoms with Gasteiger partial charge in [0.05, 0.1) is 10.2 Å². The van der Waals surface area contributed by atoms with Crippen molar-refractivity contribution in [3.8, 4) is 10.8 Å². The molecule has 0 spiro atoms. The second kappa shape index (κ2) is 7.76. The standard InChI is InChI=1S/C23H19N3O3S/c27-21-6-3-13-26(21)16-9-7-15(8-10-16)14-24-22(28)18-11-12-19(29-18)23-25-17-4-1-2-5-20(17)30-23/h1-2,4-5,7-12H,3,6,13-14H2,(H,24,28). The van der Waals surface area contributed by atoms with Crippen LogP contribution in [0.3, 0.4) is 0 Å². The number of carbonyl (C=O) groups excluding carboxylic acids is 2. The summed E-state index contributed by atoms with van der Waals surface area (Å²) < 4.78 is 6.82. The smallest absolute Gasteiger partial charge is 0.287 e. The van der Waals surface area contributed by atoms with Crippen LogP contribution in [-0.2, 0) is 11.3 Å². The van der Waals surface area contributed by atoms with Crippen LogP contribution in [0.5, 0.6) is 0 Å². The summed E-state index contributed by atoms with van der Waals surface area (Å²) in [7, 11) is 0. The Morgan fingerprint density at radius 1 is 1.10 bits per heavy atom. The molecule has 7 heteroatoms. The summed E-state index contributed by atoms with van der Waals surface area (Å²) in [4.78, 5) is 30.7. The second-order valence-corrected chi connectivity index (χ2v) is 8.18. The van der Waals surface area contributed by atoms with E-state index in [2.05, 4.69) is 10.3 Å². The molecule has 1 aliphatic heterocycles.